The number of pyridine rings is 1. The summed E-state index contributed by atoms with van der Waals surface area (Å²) in [4.78, 5) is 6.65. The van der Waals surface area contributed by atoms with E-state index in [4.69, 9.17) is 11.6 Å². The van der Waals surface area contributed by atoms with Crippen molar-refractivity contribution in [2.24, 2.45) is 0 Å². The smallest absolute Gasteiger partial charge is 0.151 e. The first-order valence-electron chi connectivity index (χ1n) is 7.32. The van der Waals surface area contributed by atoms with Crippen LogP contribution in [0.3, 0.4) is 0 Å². The zero-order valence-corrected chi connectivity index (χ0v) is 13.9. The molecular formula is C14H22ClN3O2S. The summed E-state index contributed by atoms with van der Waals surface area (Å²) in [5, 5.41) is 3.87. The van der Waals surface area contributed by atoms with Crippen molar-refractivity contribution < 1.29 is 8.42 Å². The van der Waals surface area contributed by atoms with Crippen molar-refractivity contribution >= 4 is 27.3 Å². The second-order valence-corrected chi connectivity index (χ2v) is 8.04. The Kier molecular flexibility index (Phi) is 5.84. The Balaban J connectivity index is 2.04. The molecule has 1 fully saturated rings. The first kappa shape index (κ1) is 16.5. The average Bonchev–Trinajstić information content (AvgIpc) is 2.61. The fourth-order valence-electron chi connectivity index (χ4n) is 2.31. The zero-order chi connectivity index (χ0) is 15.3. The van der Waals surface area contributed by atoms with Gasteiger partial charge in [-0.3, -0.25) is 4.90 Å². The second-order valence-electron chi connectivity index (χ2n) is 5.33. The van der Waals surface area contributed by atoms with Crippen LogP contribution in [-0.4, -0.2) is 49.4 Å². The average molecular weight is 332 g/mol. The highest BCUT2D eigenvalue weighted by Crippen LogP contribution is 2.19. The summed E-state index contributed by atoms with van der Waals surface area (Å²) < 4.78 is 23.3. The predicted molar refractivity (Wildman–Crippen MR) is 86.6 cm³/mol. The molecule has 2 rings (SSSR count). The third kappa shape index (κ3) is 5.13. The molecule has 2 heterocycles. The molecule has 21 heavy (non-hydrogen) atoms. The Labute approximate surface area is 131 Å². The molecule has 1 aromatic heterocycles. The Morgan fingerprint density at radius 3 is 2.90 bits per heavy atom. The van der Waals surface area contributed by atoms with Gasteiger partial charge in [0.05, 0.1) is 22.2 Å². The van der Waals surface area contributed by atoms with Crippen LogP contribution in [0.15, 0.2) is 12.1 Å². The number of halogens is 1. The van der Waals surface area contributed by atoms with E-state index in [0.29, 0.717) is 24.5 Å². The maximum absolute atomic E-state index is 11.6. The lowest BCUT2D eigenvalue weighted by Gasteiger charge is -2.19. The summed E-state index contributed by atoms with van der Waals surface area (Å²) >= 11 is 6.21. The van der Waals surface area contributed by atoms with E-state index in [1.54, 1.807) is 0 Å². The lowest BCUT2D eigenvalue weighted by atomic mass is 10.3. The molecule has 0 bridgehead atoms. The maximum Gasteiger partial charge on any atom is 0.151 e. The van der Waals surface area contributed by atoms with Gasteiger partial charge < -0.3 is 5.32 Å². The fraction of sp³-hybridized carbons (Fsp3) is 0.643. The van der Waals surface area contributed by atoms with Crippen molar-refractivity contribution in [1.82, 2.24) is 9.88 Å². The molecule has 0 saturated carbocycles. The van der Waals surface area contributed by atoms with Gasteiger partial charge in [0.2, 0.25) is 0 Å². The van der Waals surface area contributed by atoms with E-state index in [1.165, 1.54) is 0 Å². The highest BCUT2D eigenvalue weighted by Gasteiger charge is 2.20. The Morgan fingerprint density at radius 2 is 2.14 bits per heavy atom. The Bertz CT molecular complexity index is 578. The summed E-state index contributed by atoms with van der Waals surface area (Å²) in [6.45, 7) is 4.88. The molecule has 1 saturated heterocycles. The van der Waals surface area contributed by atoms with E-state index in [1.807, 2.05) is 12.1 Å². The van der Waals surface area contributed by atoms with E-state index in [-0.39, 0.29) is 11.5 Å². The number of anilines is 1. The van der Waals surface area contributed by atoms with Crippen molar-refractivity contribution in [1.29, 1.82) is 0 Å². The number of hydrogen-bond acceptors (Lipinski definition) is 5. The minimum Gasteiger partial charge on any atom is -0.370 e. The van der Waals surface area contributed by atoms with Crippen molar-refractivity contribution in [2.45, 2.75) is 26.3 Å². The van der Waals surface area contributed by atoms with Gasteiger partial charge in [-0.25, -0.2) is 13.4 Å². The highest BCUT2D eigenvalue weighted by atomic mass is 35.5. The molecule has 1 aliphatic rings. The van der Waals surface area contributed by atoms with Gasteiger partial charge in [0.1, 0.15) is 5.82 Å². The fourth-order valence-corrected chi connectivity index (χ4v) is 3.78. The van der Waals surface area contributed by atoms with E-state index < -0.39 is 9.84 Å². The number of nitrogens with one attached hydrogen (secondary N) is 1. The van der Waals surface area contributed by atoms with Gasteiger partial charge in [0.15, 0.2) is 9.84 Å². The molecule has 1 N–H and O–H groups in total. The van der Waals surface area contributed by atoms with Crippen molar-refractivity contribution in [3.8, 4) is 0 Å². The summed E-state index contributed by atoms with van der Waals surface area (Å²) in [7, 11) is -2.88. The van der Waals surface area contributed by atoms with Gasteiger partial charge in [0.25, 0.3) is 0 Å². The van der Waals surface area contributed by atoms with Gasteiger partial charge in [0, 0.05) is 19.6 Å². The lowest BCUT2D eigenvalue weighted by molar-refractivity contribution is 0.284. The maximum atomic E-state index is 11.6. The van der Waals surface area contributed by atoms with Gasteiger partial charge in [-0.2, -0.15) is 0 Å². The SMILES string of the molecule is CCCNc1ccc(Cl)c(CN2CCCS(=O)(=O)CC2)n1. The zero-order valence-electron chi connectivity index (χ0n) is 12.3. The van der Waals surface area contributed by atoms with E-state index >= 15 is 0 Å². The minimum absolute atomic E-state index is 0.221. The normalized spacial score (nSPS) is 19.1. The highest BCUT2D eigenvalue weighted by molar-refractivity contribution is 7.91. The molecule has 0 unspecified atom stereocenters. The summed E-state index contributed by atoms with van der Waals surface area (Å²) in [5.41, 5.74) is 0.803. The third-order valence-electron chi connectivity index (χ3n) is 3.50. The molecule has 0 aromatic carbocycles. The van der Waals surface area contributed by atoms with E-state index in [2.05, 4.69) is 22.1 Å². The van der Waals surface area contributed by atoms with Crippen LogP contribution in [0.25, 0.3) is 0 Å². The molecule has 1 aliphatic heterocycles. The monoisotopic (exact) mass is 331 g/mol. The molecule has 0 spiro atoms. The van der Waals surface area contributed by atoms with Crippen LogP contribution in [0.4, 0.5) is 5.82 Å². The summed E-state index contributed by atoms with van der Waals surface area (Å²) in [6, 6.07) is 3.71. The van der Waals surface area contributed by atoms with Crippen molar-refractivity contribution in [3.05, 3.63) is 22.8 Å². The van der Waals surface area contributed by atoms with Gasteiger partial charge in [-0.15, -0.1) is 0 Å². The number of hydrogen-bond donors (Lipinski definition) is 1. The van der Waals surface area contributed by atoms with E-state index in [0.717, 1.165) is 31.0 Å². The number of sulfone groups is 1. The van der Waals surface area contributed by atoms with Crippen LogP contribution in [0.5, 0.6) is 0 Å². The standard InChI is InChI=1S/C14H22ClN3O2S/c1-2-6-16-14-5-4-12(15)13(17-14)11-18-7-3-9-21(19,20)10-8-18/h4-5H,2-3,6-11H2,1H3,(H,16,17). The minimum atomic E-state index is -2.88. The van der Waals surface area contributed by atoms with Gasteiger partial charge >= 0.3 is 0 Å². The Morgan fingerprint density at radius 1 is 1.33 bits per heavy atom. The van der Waals surface area contributed by atoms with Crippen LogP contribution >= 0.6 is 11.6 Å². The molecule has 5 nitrogen and oxygen atoms in total. The first-order valence-corrected chi connectivity index (χ1v) is 9.52. The van der Waals surface area contributed by atoms with Gasteiger partial charge in [-0.1, -0.05) is 18.5 Å². The van der Waals surface area contributed by atoms with Gasteiger partial charge in [-0.05, 0) is 31.5 Å². The summed E-state index contributed by atoms with van der Waals surface area (Å²) in [5.74, 6) is 1.32. The quantitative estimate of drug-likeness (QED) is 0.896. The second kappa shape index (κ2) is 7.42. The number of nitrogens with zero attached hydrogens (tertiary/aromatic N) is 2. The number of rotatable bonds is 5. The van der Waals surface area contributed by atoms with Crippen molar-refractivity contribution in [3.63, 3.8) is 0 Å². The van der Waals surface area contributed by atoms with Crippen LogP contribution in [0, 0.1) is 0 Å². The molecule has 0 amide bonds. The molecular weight excluding hydrogens is 310 g/mol. The van der Waals surface area contributed by atoms with Crippen molar-refractivity contribution in [2.75, 3.05) is 36.5 Å². The molecule has 0 atom stereocenters. The Hall–Kier alpha value is -0.850. The van der Waals surface area contributed by atoms with E-state index in [9.17, 15) is 8.42 Å². The molecule has 7 heteroatoms. The molecule has 118 valence electrons. The largest absolute Gasteiger partial charge is 0.370 e. The van der Waals surface area contributed by atoms with Crippen LogP contribution < -0.4 is 5.32 Å². The molecule has 0 aliphatic carbocycles. The van der Waals surface area contributed by atoms with Crippen LogP contribution in [0.1, 0.15) is 25.5 Å². The molecule has 0 radical (unpaired) electrons. The summed E-state index contributed by atoms with van der Waals surface area (Å²) in [6.07, 6.45) is 1.71. The predicted octanol–water partition coefficient (Wildman–Crippen LogP) is 2.18. The molecule has 1 aromatic rings. The van der Waals surface area contributed by atoms with Crippen LogP contribution in [0.2, 0.25) is 5.02 Å². The number of aromatic nitrogens is 1. The lowest BCUT2D eigenvalue weighted by Crippen LogP contribution is -2.27. The van der Waals surface area contributed by atoms with Crippen LogP contribution in [-0.2, 0) is 16.4 Å². The third-order valence-corrected chi connectivity index (χ3v) is 5.56. The topological polar surface area (TPSA) is 62.3 Å². The first-order chi connectivity index (χ1) is 10.00.